The van der Waals surface area contributed by atoms with Gasteiger partial charge in [-0.3, -0.25) is 33.4 Å². The molecule has 20 heteroatoms. The molecule has 1 aliphatic carbocycles. The number of rotatable bonds is 12. The second-order valence-corrected chi connectivity index (χ2v) is 22.7. The number of esters is 1. The Bertz CT molecular complexity index is 3210. The number of methoxy groups -OCH3 is 1. The molecule has 4 aliphatic rings. The molecule has 2 fully saturated rings. The zero-order valence-corrected chi connectivity index (χ0v) is 45.8. The number of carbonyl (C=O) groups is 4. The van der Waals surface area contributed by atoms with Gasteiger partial charge in [0.1, 0.15) is 41.9 Å². The van der Waals surface area contributed by atoms with Crippen molar-refractivity contribution in [3.8, 4) is 40.0 Å². The number of nitrogens with two attached hydrogens (primary N) is 1. The number of fused-ring (bicyclic) bond motifs is 8. The van der Waals surface area contributed by atoms with E-state index in [9.17, 15) is 33.0 Å². The zero-order valence-electron chi connectivity index (χ0n) is 45.0. The number of phenols is 1. The van der Waals surface area contributed by atoms with Crippen molar-refractivity contribution < 1.29 is 51.6 Å². The maximum absolute atomic E-state index is 17.2. The summed E-state index contributed by atoms with van der Waals surface area (Å²) in [6.07, 6.45) is 1.29. The van der Waals surface area contributed by atoms with Crippen LogP contribution in [-0.2, 0) is 57.4 Å². The number of carbonyl (C=O) groups excluding carboxylic acids is 4. The maximum atomic E-state index is 17.2. The van der Waals surface area contributed by atoms with Gasteiger partial charge in [-0.2, -0.15) is 0 Å². The van der Waals surface area contributed by atoms with Crippen LogP contribution in [0, 0.1) is 29.0 Å². The number of halogens is 1. The van der Waals surface area contributed by atoms with Gasteiger partial charge in [-0.25, -0.2) is 9.82 Å². The molecule has 0 radical (unpaired) electrons. The molecule has 5 heterocycles. The molecule has 6 N–H and O–H groups in total. The van der Waals surface area contributed by atoms with Crippen molar-refractivity contribution >= 4 is 51.4 Å². The number of nitrogen functional groups attached to an aromatic ring is 1. The van der Waals surface area contributed by atoms with Crippen molar-refractivity contribution in [3.63, 3.8) is 0 Å². The summed E-state index contributed by atoms with van der Waals surface area (Å²) >= 11 is -2.18. The number of cyclic esters (lactones) is 1. The summed E-state index contributed by atoms with van der Waals surface area (Å²) in [4.78, 5) is 64.8. The van der Waals surface area contributed by atoms with Crippen LogP contribution in [0.25, 0.3) is 33.3 Å². The van der Waals surface area contributed by atoms with Crippen molar-refractivity contribution in [2.45, 2.75) is 109 Å². The lowest BCUT2D eigenvalue weighted by Crippen LogP contribution is -2.62. The van der Waals surface area contributed by atoms with E-state index in [1.54, 1.807) is 44.6 Å². The minimum atomic E-state index is -2.18. The van der Waals surface area contributed by atoms with Crippen LogP contribution in [0.1, 0.15) is 99.8 Å². The molecule has 3 amide bonds. The number of amides is 3. The highest BCUT2D eigenvalue weighted by Gasteiger charge is 2.48. The van der Waals surface area contributed by atoms with Crippen LogP contribution in [-0.4, -0.2) is 134 Å². The van der Waals surface area contributed by atoms with Gasteiger partial charge in [0.05, 0.1) is 30.1 Å². The van der Waals surface area contributed by atoms with Gasteiger partial charge >= 0.3 is 5.97 Å². The number of benzene rings is 3. The van der Waals surface area contributed by atoms with Gasteiger partial charge in [-0.1, -0.05) is 68.8 Å². The van der Waals surface area contributed by atoms with Crippen molar-refractivity contribution in [1.82, 2.24) is 35.5 Å². The molecule has 3 aliphatic heterocycles. The smallest absolute Gasteiger partial charge is 0.324 e. The van der Waals surface area contributed by atoms with Crippen LogP contribution in [0.15, 0.2) is 66.9 Å². The molecule has 8 unspecified atom stereocenters. The number of pyridine rings is 1. The quantitative estimate of drug-likeness (QED) is 0.0337. The van der Waals surface area contributed by atoms with Gasteiger partial charge in [0, 0.05) is 104 Å². The van der Waals surface area contributed by atoms with Crippen molar-refractivity contribution in [1.29, 1.82) is 0 Å². The number of likely N-dealkylation sites (N-methyl/N-ethyl adjacent to an activating group) is 1. The number of nitrogens with zero attached hydrogens (tertiary/aromatic N) is 4. The van der Waals surface area contributed by atoms with E-state index in [0.29, 0.717) is 71.4 Å². The summed E-state index contributed by atoms with van der Waals surface area (Å²) < 4.78 is 59.9. The van der Waals surface area contributed by atoms with E-state index in [1.165, 1.54) is 28.1 Å². The Morgan fingerprint density at radius 1 is 1.12 bits per heavy atom. The number of aromatic hydroxyl groups is 1. The van der Waals surface area contributed by atoms with E-state index in [-0.39, 0.29) is 55.6 Å². The third-order valence-corrected chi connectivity index (χ3v) is 16.1. The molecule has 3 aromatic carbocycles. The number of phenolic OH excluding ortho intramolecular Hbond substituents is 1. The average molecular weight is 1090 g/mol. The Hall–Kier alpha value is -6.73. The predicted molar refractivity (Wildman–Crippen MR) is 292 cm³/mol. The van der Waals surface area contributed by atoms with E-state index in [2.05, 4.69) is 27.9 Å². The molecular formula is C58H68FN8O10S-. The molecular weight excluding hydrogens is 1020 g/mol. The highest BCUT2D eigenvalue weighted by atomic mass is 32.2. The molecule has 5 aromatic rings. The van der Waals surface area contributed by atoms with Gasteiger partial charge in [-0.05, 0) is 96.8 Å². The minimum absolute atomic E-state index is 0.0401. The second-order valence-electron chi connectivity index (χ2n) is 21.7. The Balaban J connectivity index is 1.13. The fourth-order valence-electron chi connectivity index (χ4n) is 11.9. The molecule has 9 rings (SSSR count). The lowest BCUT2D eigenvalue weighted by atomic mass is 9.67. The number of anilines is 1. The van der Waals surface area contributed by atoms with Crippen LogP contribution in [0.3, 0.4) is 0 Å². The number of ether oxygens (including phenoxy) is 3. The fourth-order valence-corrected chi connectivity index (χ4v) is 12.2. The summed E-state index contributed by atoms with van der Waals surface area (Å²) in [7, 11) is 3.15. The van der Waals surface area contributed by atoms with Crippen molar-refractivity contribution in [3.05, 3.63) is 101 Å². The summed E-state index contributed by atoms with van der Waals surface area (Å²) in [6, 6.07) is 13.8. The monoisotopic (exact) mass is 1090 g/mol. The summed E-state index contributed by atoms with van der Waals surface area (Å²) in [5.41, 5.74) is 14.6. The van der Waals surface area contributed by atoms with Crippen molar-refractivity contribution in [2.24, 2.45) is 11.3 Å². The van der Waals surface area contributed by atoms with Crippen molar-refractivity contribution in [2.75, 3.05) is 58.5 Å². The first-order chi connectivity index (χ1) is 37.3. The zero-order chi connectivity index (χ0) is 55.7. The SMILES string of the molecule is CCn1c2c3c4cc(c(F)cc41)-c1cc(O)cc(c1)CC(NC(=O)C(C(C)C)N(C)C(=O)C1OCCC1c1ccc(N)cc1)C(=O)N1CCCC(N1)C(=O)OCC(C)(C)C3C(OC)c1ncc(C#CCNCCS(=O)[O-])cc1-2. The molecule has 2 aromatic heterocycles. The summed E-state index contributed by atoms with van der Waals surface area (Å²) in [6.45, 7) is 10.9. The summed E-state index contributed by atoms with van der Waals surface area (Å²) in [5, 5.41) is 19.5. The van der Waals surface area contributed by atoms with Crippen LogP contribution >= 0.6 is 0 Å². The van der Waals surface area contributed by atoms with Crippen LogP contribution in [0.4, 0.5) is 10.1 Å². The average Bonchev–Trinajstić information content (AvgIpc) is 4.02. The van der Waals surface area contributed by atoms with Gasteiger partial charge < -0.3 is 49.7 Å². The predicted octanol–water partition coefficient (Wildman–Crippen LogP) is 5.58. The number of aromatic nitrogens is 2. The Kier molecular flexibility index (Phi) is 16.7. The largest absolute Gasteiger partial charge is 0.772 e. The van der Waals surface area contributed by atoms with Crippen LogP contribution < -0.4 is 21.8 Å². The normalized spacial score (nSPS) is 22.7. The molecule has 0 spiro atoms. The van der Waals surface area contributed by atoms with Gasteiger partial charge in [0.25, 0.3) is 11.8 Å². The summed E-state index contributed by atoms with van der Waals surface area (Å²) in [5.74, 6) is 1.96. The number of aryl methyl sites for hydroxylation is 1. The topological polar surface area (TPSA) is 243 Å². The number of hydrazine groups is 1. The molecule has 2 saturated heterocycles. The highest BCUT2D eigenvalue weighted by Crippen LogP contribution is 2.57. The maximum Gasteiger partial charge on any atom is 0.324 e. The minimum Gasteiger partial charge on any atom is -0.772 e. The van der Waals surface area contributed by atoms with Crippen LogP contribution in [0.5, 0.6) is 5.75 Å². The molecule has 78 heavy (non-hydrogen) atoms. The van der Waals surface area contributed by atoms with Gasteiger partial charge in [0.2, 0.25) is 5.91 Å². The molecule has 6 bridgehead atoms. The first kappa shape index (κ1) is 56.0. The van der Waals surface area contributed by atoms with Gasteiger partial charge in [0.15, 0.2) is 0 Å². The molecule has 18 nitrogen and oxygen atoms in total. The first-order valence-corrected chi connectivity index (χ1v) is 27.8. The lowest BCUT2D eigenvalue weighted by molar-refractivity contribution is -0.156. The van der Waals surface area contributed by atoms with E-state index < -0.39 is 88.2 Å². The van der Waals surface area contributed by atoms with Gasteiger partial charge in [-0.15, -0.1) is 0 Å². The Morgan fingerprint density at radius 2 is 1.88 bits per heavy atom. The van der Waals surface area contributed by atoms with E-state index in [1.807, 2.05) is 57.4 Å². The van der Waals surface area contributed by atoms with E-state index in [4.69, 9.17) is 24.9 Å². The lowest BCUT2D eigenvalue weighted by Gasteiger charge is -2.42. The van der Waals surface area contributed by atoms with E-state index in [0.717, 1.165) is 22.4 Å². The van der Waals surface area contributed by atoms with Crippen LogP contribution in [0.2, 0.25) is 0 Å². The van der Waals surface area contributed by atoms with E-state index >= 15 is 4.39 Å². The number of nitrogens with one attached hydrogen (secondary N) is 3. The number of hydrogen-bond acceptors (Lipinski definition) is 14. The molecule has 0 saturated carbocycles. The Morgan fingerprint density at radius 3 is 2.60 bits per heavy atom. The standard InChI is InChI=1S/C58H69FN8O10S/c1-8-66-46-29-43(59)40-28-41(46)47-48(53(75-7)49-42(51(47)66)25-33(30-62-49)11-9-18-61-19-22-78(73)74)58(4,5)31-77-57(72)44-12-10-20-67(64-44)55(70)45(26-34-23-36(40)27-38(68)24-34)63-54(69)50(32(2)3)65(6)56(71)52-39(17-21-76-52)35-13-15-37(60)16-14-35/h13-16,23-25,27-30,32,39,44-45,48,50,52-53,61,64,68H,8,10,12,17-22,26,31,60H2,1-7H3,(H,63,69)(H,73,74)/p-1. The number of hydrogen-bond donors (Lipinski definition) is 5. The Labute approximate surface area is 456 Å². The highest BCUT2D eigenvalue weighted by molar-refractivity contribution is 7.79. The molecule has 8 atom stereocenters. The fraction of sp³-hybridized carbons (Fsp3) is 0.466. The molecule has 414 valence electrons. The first-order valence-electron chi connectivity index (χ1n) is 26.6. The second kappa shape index (κ2) is 23.3. The third kappa shape index (κ3) is 11.3. The third-order valence-electron chi connectivity index (χ3n) is 15.6.